The van der Waals surface area contributed by atoms with Gasteiger partial charge in [0, 0.05) is 26.2 Å². The number of hydrogen-bond acceptors (Lipinski definition) is 0. The molecular formula is C2BiCu2. The summed E-state index contributed by atoms with van der Waals surface area (Å²) in [6.45, 7) is 0. The van der Waals surface area contributed by atoms with E-state index in [4.69, 9.17) is 12.8 Å². The van der Waals surface area contributed by atoms with Crippen molar-refractivity contribution >= 4 is 26.2 Å². The van der Waals surface area contributed by atoms with Crippen LogP contribution in [0.4, 0.5) is 0 Å². The fourth-order valence-corrected chi connectivity index (χ4v) is 0. The average molecular weight is 360 g/mol. The predicted octanol–water partition coefficient (Wildman–Crippen LogP) is -0.223. The fourth-order valence-electron chi connectivity index (χ4n) is 0. The van der Waals surface area contributed by atoms with Crippen LogP contribution in [-0.4, -0.2) is 26.2 Å². The van der Waals surface area contributed by atoms with Crippen molar-refractivity contribution in [3.05, 3.63) is 12.8 Å². The van der Waals surface area contributed by atoms with Gasteiger partial charge in [0.05, 0.1) is 0 Å². The summed E-state index contributed by atoms with van der Waals surface area (Å²) in [5.74, 6) is 0. The molecule has 0 spiro atoms. The summed E-state index contributed by atoms with van der Waals surface area (Å²) in [6, 6.07) is 0. The zero-order valence-electron chi connectivity index (χ0n) is 2.05. The molecule has 0 N–H and O–H groups in total. The van der Waals surface area contributed by atoms with Crippen molar-refractivity contribution in [2.24, 2.45) is 0 Å². The van der Waals surface area contributed by atoms with Crippen LogP contribution in [0.3, 0.4) is 0 Å². The molecule has 0 aromatic heterocycles. The number of rotatable bonds is 0. The van der Waals surface area contributed by atoms with Gasteiger partial charge < -0.3 is 12.8 Å². The molecule has 0 amide bonds. The SMILES string of the molecule is [Bi].[C-]#[C-].[Cu+].[Cu+]. The van der Waals surface area contributed by atoms with Gasteiger partial charge >= 0.3 is 34.1 Å². The third kappa shape index (κ3) is 30.3. The van der Waals surface area contributed by atoms with Crippen LogP contribution in [0.2, 0.25) is 0 Å². The van der Waals surface area contributed by atoms with E-state index in [0.29, 0.717) is 0 Å². The van der Waals surface area contributed by atoms with Gasteiger partial charge in [-0.1, -0.05) is 0 Å². The maximum absolute atomic E-state index is 5.00. The minimum Gasteiger partial charge on any atom is -1.00 e. The zero-order chi connectivity index (χ0) is 2.00. The van der Waals surface area contributed by atoms with Gasteiger partial charge in [0.1, 0.15) is 0 Å². The van der Waals surface area contributed by atoms with Gasteiger partial charge in [0.15, 0.2) is 0 Å². The van der Waals surface area contributed by atoms with E-state index in [0.717, 1.165) is 0 Å². The molecule has 3 heteroatoms. The molecule has 0 aliphatic heterocycles. The molecule has 0 saturated carbocycles. The Morgan fingerprint density at radius 1 is 0.800 bits per heavy atom. The standard InChI is InChI=1S/C2.Bi.2Cu/c1-2;;;/q-2;;2*+1. The van der Waals surface area contributed by atoms with Crippen LogP contribution in [0.25, 0.3) is 0 Å². The van der Waals surface area contributed by atoms with Gasteiger partial charge in [-0.3, -0.25) is 0 Å². The van der Waals surface area contributed by atoms with Gasteiger partial charge in [0.2, 0.25) is 0 Å². The second kappa shape index (κ2) is 50.1. The van der Waals surface area contributed by atoms with Gasteiger partial charge in [-0.25, -0.2) is 0 Å². The first-order chi connectivity index (χ1) is 1.00. The third-order valence-corrected chi connectivity index (χ3v) is 0. The second-order valence-electron chi connectivity index (χ2n) is 0. The molecule has 0 atom stereocenters. The Hall–Kier alpha value is 1.48. The van der Waals surface area contributed by atoms with Crippen LogP contribution < -0.4 is 0 Å². The summed E-state index contributed by atoms with van der Waals surface area (Å²) in [4.78, 5) is 0. The Labute approximate surface area is 72.5 Å². The third-order valence-electron chi connectivity index (χ3n) is 0. The van der Waals surface area contributed by atoms with Crippen LogP contribution in [0.1, 0.15) is 0 Å². The summed E-state index contributed by atoms with van der Waals surface area (Å²) >= 11 is 0. The number of hydrogen-bond donors (Lipinski definition) is 0. The van der Waals surface area contributed by atoms with Gasteiger partial charge in [-0.2, -0.15) is 0 Å². The summed E-state index contributed by atoms with van der Waals surface area (Å²) in [5, 5.41) is 0. The molecule has 0 rings (SSSR count). The molecule has 0 heterocycles. The first kappa shape index (κ1) is 31.6. The molecule has 0 aliphatic carbocycles. The van der Waals surface area contributed by atoms with E-state index in [1.165, 1.54) is 0 Å². The Kier molecular flexibility index (Phi) is 317. The van der Waals surface area contributed by atoms with E-state index >= 15 is 0 Å². The van der Waals surface area contributed by atoms with Crippen LogP contribution in [0, 0.1) is 12.8 Å². The van der Waals surface area contributed by atoms with E-state index in [9.17, 15) is 0 Å². The van der Waals surface area contributed by atoms with E-state index < -0.39 is 0 Å². The van der Waals surface area contributed by atoms with E-state index in [-0.39, 0.29) is 60.3 Å². The monoisotopic (exact) mass is 359 g/mol. The van der Waals surface area contributed by atoms with Gasteiger partial charge in [0.25, 0.3) is 0 Å². The molecule has 0 saturated heterocycles. The molecule has 5 heavy (non-hydrogen) atoms. The van der Waals surface area contributed by atoms with Crippen LogP contribution in [-0.2, 0) is 34.1 Å². The minimum atomic E-state index is 0. The van der Waals surface area contributed by atoms with Crippen molar-refractivity contribution in [1.82, 2.24) is 0 Å². The van der Waals surface area contributed by atoms with Gasteiger partial charge in [-0.05, 0) is 0 Å². The summed E-state index contributed by atoms with van der Waals surface area (Å²) in [6.07, 6.45) is 10.0. The topological polar surface area (TPSA) is 0 Å². The molecule has 0 aliphatic rings. The van der Waals surface area contributed by atoms with Crippen molar-refractivity contribution in [3.63, 3.8) is 0 Å². The Bertz CT molecular complexity index is 12.4. The molecular weight excluding hydrogens is 360 g/mol. The Balaban J connectivity index is -0.00000000167. The van der Waals surface area contributed by atoms with E-state index in [2.05, 4.69) is 0 Å². The van der Waals surface area contributed by atoms with Crippen molar-refractivity contribution < 1.29 is 34.1 Å². The fraction of sp³-hybridized carbons (Fsp3) is 0. The van der Waals surface area contributed by atoms with Crippen molar-refractivity contribution in [2.75, 3.05) is 0 Å². The van der Waals surface area contributed by atoms with E-state index in [1.54, 1.807) is 0 Å². The largest absolute Gasteiger partial charge is 1.00 e. The first-order valence-corrected chi connectivity index (χ1v) is 0.250. The van der Waals surface area contributed by atoms with Crippen molar-refractivity contribution in [1.29, 1.82) is 0 Å². The summed E-state index contributed by atoms with van der Waals surface area (Å²) in [5.41, 5.74) is 0. The van der Waals surface area contributed by atoms with E-state index in [1.807, 2.05) is 0 Å². The van der Waals surface area contributed by atoms with Crippen LogP contribution in [0.15, 0.2) is 0 Å². The molecule has 35 valence electrons. The molecule has 0 unspecified atom stereocenters. The summed E-state index contributed by atoms with van der Waals surface area (Å²) < 4.78 is 0. The average Bonchev–Trinajstić information content (AvgIpc) is 1.00. The van der Waals surface area contributed by atoms with Crippen molar-refractivity contribution in [3.8, 4) is 0 Å². The quantitative estimate of drug-likeness (QED) is 0.318. The molecule has 0 bridgehead atoms. The van der Waals surface area contributed by atoms with Crippen molar-refractivity contribution in [2.45, 2.75) is 0 Å². The van der Waals surface area contributed by atoms with Crippen LogP contribution in [0.5, 0.6) is 0 Å². The first-order valence-electron chi connectivity index (χ1n) is 0.250. The smallest absolute Gasteiger partial charge is 1.00 e. The molecule has 0 nitrogen and oxygen atoms in total. The minimum absolute atomic E-state index is 0. The molecule has 3 radical (unpaired) electrons. The normalized spacial score (nSPS) is 0.400. The van der Waals surface area contributed by atoms with Gasteiger partial charge in [-0.15, -0.1) is 0 Å². The Morgan fingerprint density at radius 2 is 0.800 bits per heavy atom. The second-order valence-corrected chi connectivity index (χ2v) is 0. The Morgan fingerprint density at radius 3 is 0.800 bits per heavy atom. The maximum Gasteiger partial charge on any atom is 1.00 e. The predicted molar refractivity (Wildman–Crippen MR) is 12.2 cm³/mol. The molecule has 0 aromatic rings. The zero-order valence-corrected chi connectivity index (χ0v) is 7.41. The van der Waals surface area contributed by atoms with Crippen LogP contribution >= 0.6 is 0 Å². The maximum atomic E-state index is 5.00. The molecule has 0 aromatic carbocycles. The summed E-state index contributed by atoms with van der Waals surface area (Å²) in [7, 11) is 0. The molecule has 0 fully saturated rings.